The Morgan fingerprint density at radius 3 is 1.18 bits per heavy atom. The summed E-state index contributed by atoms with van der Waals surface area (Å²) in [6.45, 7) is 9.25. The number of rotatable bonds is 21. The van der Waals surface area contributed by atoms with Crippen LogP contribution >= 0.6 is 0 Å². The minimum Gasteiger partial charge on any atom is -0.481 e. The Hall–Kier alpha value is -0.610. The number of carbonyl (C=O) groups is 1. The van der Waals surface area contributed by atoms with Gasteiger partial charge in [-0.3, -0.25) is 4.79 Å². The van der Waals surface area contributed by atoms with Crippen molar-refractivity contribution in [3.63, 3.8) is 0 Å². The number of ether oxygens (including phenoxy) is 2. The molecule has 0 spiro atoms. The van der Waals surface area contributed by atoms with Crippen LogP contribution in [0.4, 0.5) is 0 Å². The maximum atomic E-state index is 10.3. The first-order chi connectivity index (χ1) is 13.7. The van der Waals surface area contributed by atoms with Crippen molar-refractivity contribution in [2.24, 2.45) is 0 Å². The first kappa shape index (κ1) is 29.6. The van der Waals surface area contributed by atoms with E-state index in [9.17, 15) is 4.79 Å². The Bertz CT molecular complexity index is 276. The number of hydrogen-bond acceptors (Lipinski definition) is 3. The lowest BCUT2D eigenvalue weighted by molar-refractivity contribution is -0.137. The molecule has 0 bridgehead atoms. The van der Waals surface area contributed by atoms with Crippen LogP contribution in [0.15, 0.2) is 0 Å². The van der Waals surface area contributed by atoms with Crippen molar-refractivity contribution in [3.8, 4) is 0 Å². The molecule has 0 saturated heterocycles. The van der Waals surface area contributed by atoms with Gasteiger partial charge in [0.1, 0.15) is 0 Å². The largest absolute Gasteiger partial charge is 0.481 e. The van der Waals surface area contributed by atoms with Crippen molar-refractivity contribution >= 4 is 5.97 Å². The molecule has 0 rings (SSSR count). The maximum absolute atomic E-state index is 10.3. The van der Waals surface area contributed by atoms with E-state index in [1.54, 1.807) is 0 Å². The van der Waals surface area contributed by atoms with Crippen molar-refractivity contribution in [2.45, 2.75) is 124 Å². The first-order valence-electron chi connectivity index (χ1n) is 12.1. The molecule has 28 heavy (non-hydrogen) atoms. The van der Waals surface area contributed by atoms with E-state index in [4.69, 9.17) is 14.6 Å². The summed E-state index contributed by atoms with van der Waals surface area (Å²) in [4.78, 5) is 10.3. The molecular weight excluding hydrogens is 352 g/mol. The van der Waals surface area contributed by atoms with Gasteiger partial charge in [-0.1, -0.05) is 96.8 Å². The van der Waals surface area contributed by atoms with Gasteiger partial charge < -0.3 is 14.6 Å². The summed E-state index contributed by atoms with van der Waals surface area (Å²) in [6.07, 6.45) is 20.2. The molecule has 0 radical (unpaired) electrons. The summed E-state index contributed by atoms with van der Waals surface area (Å²) < 4.78 is 10.0. The zero-order valence-electron chi connectivity index (χ0n) is 19.3. The lowest BCUT2D eigenvalue weighted by Gasteiger charge is -2.03. The lowest BCUT2D eigenvalue weighted by Crippen LogP contribution is -2.02. The molecule has 0 unspecified atom stereocenters. The molecule has 0 heterocycles. The van der Waals surface area contributed by atoms with E-state index in [2.05, 4.69) is 6.92 Å². The Labute approximate surface area is 175 Å². The topological polar surface area (TPSA) is 55.8 Å². The van der Waals surface area contributed by atoms with Crippen molar-refractivity contribution in [3.05, 3.63) is 0 Å². The predicted molar refractivity (Wildman–Crippen MR) is 120 cm³/mol. The van der Waals surface area contributed by atoms with E-state index in [0.717, 1.165) is 39.3 Å². The number of unbranched alkanes of at least 4 members (excludes halogenated alkanes) is 14. The zero-order chi connectivity index (χ0) is 21.1. The third kappa shape index (κ3) is 33.0. The van der Waals surface area contributed by atoms with Crippen molar-refractivity contribution < 1.29 is 19.4 Å². The monoisotopic (exact) mass is 402 g/mol. The summed E-state index contributed by atoms with van der Waals surface area (Å²) >= 11 is 0. The van der Waals surface area contributed by atoms with Crippen molar-refractivity contribution in [1.29, 1.82) is 0 Å². The van der Waals surface area contributed by atoms with E-state index in [0.29, 0.717) is 6.42 Å². The molecule has 1 N–H and O–H groups in total. The predicted octanol–water partition coefficient (Wildman–Crippen LogP) is 7.39. The van der Waals surface area contributed by atoms with E-state index >= 15 is 0 Å². The molecule has 0 aliphatic rings. The minimum absolute atomic E-state index is 0.345. The van der Waals surface area contributed by atoms with Crippen LogP contribution in [0.5, 0.6) is 0 Å². The molecule has 0 amide bonds. The van der Waals surface area contributed by atoms with Crippen LogP contribution in [-0.2, 0) is 14.3 Å². The van der Waals surface area contributed by atoms with Gasteiger partial charge in [0.15, 0.2) is 0 Å². The molecular formula is C24H50O4. The van der Waals surface area contributed by atoms with Gasteiger partial charge in [0, 0.05) is 19.6 Å². The van der Waals surface area contributed by atoms with Crippen LogP contribution in [0.2, 0.25) is 0 Å². The fourth-order valence-corrected chi connectivity index (χ4v) is 3.05. The van der Waals surface area contributed by atoms with Gasteiger partial charge >= 0.3 is 5.97 Å². The Balaban J connectivity index is 0. The molecule has 0 saturated carbocycles. The SMILES string of the molecule is CCCCCCCCCCCCCCCCCC(=O)O.CCOCCOCC. The fraction of sp³-hybridized carbons (Fsp3) is 0.958. The molecule has 4 heteroatoms. The minimum atomic E-state index is -0.653. The van der Waals surface area contributed by atoms with Crippen LogP contribution in [0.25, 0.3) is 0 Å². The Morgan fingerprint density at radius 1 is 0.571 bits per heavy atom. The van der Waals surface area contributed by atoms with Crippen LogP contribution in [0.1, 0.15) is 124 Å². The van der Waals surface area contributed by atoms with Crippen LogP contribution < -0.4 is 0 Å². The summed E-state index contributed by atoms with van der Waals surface area (Å²) in [5, 5.41) is 8.52. The molecule has 0 aromatic carbocycles. The van der Waals surface area contributed by atoms with Crippen LogP contribution in [-0.4, -0.2) is 37.5 Å². The highest BCUT2D eigenvalue weighted by Crippen LogP contribution is 2.13. The van der Waals surface area contributed by atoms with E-state index in [1.165, 1.54) is 83.5 Å². The summed E-state index contributed by atoms with van der Waals surface area (Å²) in [5.41, 5.74) is 0. The number of carboxylic acids is 1. The van der Waals surface area contributed by atoms with Gasteiger partial charge in [-0.25, -0.2) is 0 Å². The van der Waals surface area contributed by atoms with Crippen molar-refractivity contribution in [1.82, 2.24) is 0 Å². The molecule has 0 aliphatic carbocycles. The second kappa shape index (κ2) is 28.6. The average molecular weight is 403 g/mol. The quantitative estimate of drug-likeness (QED) is 0.203. The summed E-state index contributed by atoms with van der Waals surface area (Å²) in [7, 11) is 0. The second-order valence-electron chi connectivity index (χ2n) is 7.49. The zero-order valence-corrected chi connectivity index (χ0v) is 19.3. The fourth-order valence-electron chi connectivity index (χ4n) is 3.05. The van der Waals surface area contributed by atoms with Gasteiger partial charge in [-0.15, -0.1) is 0 Å². The molecule has 4 nitrogen and oxygen atoms in total. The molecule has 170 valence electrons. The number of hydrogen-bond donors (Lipinski definition) is 1. The molecule has 0 aliphatic heterocycles. The second-order valence-corrected chi connectivity index (χ2v) is 7.49. The smallest absolute Gasteiger partial charge is 0.303 e. The van der Waals surface area contributed by atoms with E-state index < -0.39 is 5.97 Å². The number of aliphatic carboxylic acids is 1. The molecule has 0 fully saturated rings. The van der Waals surface area contributed by atoms with Gasteiger partial charge in [0.2, 0.25) is 0 Å². The van der Waals surface area contributed by atoms with Crippen molar-refractivity contribution in [2.75, 3.05) is 26.4 Å². The standard InChI is InChI=1S/C18H36O2.C6H14O2/c1-2-3-4-5-6-7-8-9-10-11-12-13-14-15-16-17-18(19)20;1-3-7-5-6-8-4-2/h2-17H2,1H3,(H,19,20);3-6H2,1-2H3. The average Bonchev–Trinajstić information content (AvgIpc) is 2.68. The Kier molecular flexibility index (Phi) is 30.2. The van der Waals surface area contributed by atoms with E-state index in [-0.39, 0.29) is 0 Å². The number of carboxylic acid groups (broad SMARTS) is 1. The third-order valence-corrected chi connectivity index (χ3v) is 4.77. The summed E-state index contributed by atoms with van der Waals surface area (Å²) in [5.74, 6) is -0.653. The Morgan fingerprint density at radius 2 is 0.893 bits per heavy atom. The van der Waals surface area contributed by atoms with Gasteiger partial charge in [0.25, 0.3) is 0 Å². The van der Waals surface area contributed by atoms with Gasteiger partial charge in [0.05, 0.1) is 13.2 Å². The lowest BCUT2D eigenvalue weighted by atomic mass is 10.0. The normalized spacial score (nSPS) is 10.5. The highest BCUT2D eigenvalue weighted by molar-refractivity contribution is 5.66. The van der Waals surface area contributed by atoms with Crippen LogP contribution in [0, 0.1) is 0 Å². The maximum Gasteiger partial charge on any atom is 0.303 e. The highest BCUT2D eigenvalue weighted by Gasteiger charge is 1.97. The van der Waals surface area contributed by atoms with Gasteiger partial charge in [-0.2, -0.15) is 0 Å². The third-order valence-electron chi connectivity index (χ3n) is 4.77. The van der Waals surface area contributed by atoms with Gasteiger partial charge in [-0.05, 0) is 20.3 Å². The molecule has 0 aromatic heterocycles. The highest BCUT2D eigenvalue weighted by atomic mass is 16.5. The summed E-state index contributed by atoms with van der Waals surface area (Å²) in [6, 6.07) is 0. The van der Waals surface area contributed by atoms with E-state index in [1.807, 2.05) is 13.8 Å². The first-order valence-corrected chi connectivity index (χ1v) is 12.1. The molecule has 0 aromatic rings. The van der Waals surface area contributed by atoms with Crippen LogP contribution in [0.3, 0.4) is 0 Å². The molecule has 0 atom stereocenters.